The Kier molecular flexibility index (Phi) is 4.42. The second-order valence-corrected chi connectivity index (χ2v) is 6.98. The lowest BCUT2D eigenvalue weighted by Crippen LogP contribution is -2.11. The molecule has 0 aliphatic heterocycles. The molecule has 0 spiro atoms. The van der Waals surface area contributed by atoms with Crippen LogP contribution in [0.25, 0.3) is 33.5 Å². The van der Waals surface area contributed by atoms with Gasteiger partial charge in [-0.1, -0.05) is 41.4 Å². The standard InChI is InChI=1S/C22H15ClN4O/c1-12-6-7-18-17(8-12)22(28)27-21(25-18)16(11-24)10-15-9-14-5-3-4-13(2)19(14)26-20(15)23/h3-10H,1-2H3,(H,25,27,28). The molecule has 0 unspecified atom stereocenters. The van der Waals surface area contributed by atoms with Gasteiger partial charge in [-0.05, 0) is 43.7 Å². The topological polar surface area (TPSA) is 82.4 Å². The van der Waals surface area contributed by atoms with E-state index in [0.717, 1.165) is 22.0 Å². The molecule has 2 aromatic heterocycles. The number of aromatic nitrogens is 3. The van der Waals surface area contributed by atoms with Gasteiger partial charge in [-0.25, -0.2) is 9.97 Å². The van der Waals surface area contributed by atoms with Crippen LogP contribution in [0, 0.1) is 25.2 Å². The maximum absolute atomic E-state index is 12.4. The third-order valence-electron chi connectivity index (χ3n) is 4.56. The van der Waals surface area contributed by atoms with Crippen LogP contribution in [0.4, 0.5) is 0 Å². The summed E-state index contributed by atoms with van der Waals surface area (Å²) in [5.74, 6) is 0.198. The van der Waals surface area contributed by atoms with Gasteiger partial charge in [0.15, 0.2) is 5.82 Å². The first-order chi connectivity index (χ1) is 13.5. The van der Waals surface area contributed by atoms with Crippen molar-refractivity contribution in [3.63, 3.8) is 0 Å². The number of fused-ring (bicyclic) bond motifs is 2. The van der Waals surface area contributed by atoms with Gasteiger partial charge in [-0.15, -0.1) is 0 Å². The Balaban J connectivity index is 1.89. The molecule has 0 saturated heterocycles. The molecule has 136 valence electrons. The van der Waals surface area contributed by atoms with E-state index >= 15 is 0 Å². The van der Waals surface area contributed by atoms with Crippen LogP contribution >= 0.6 is 11.6 Å². The third kappa shape index (κ3) is 3.15. The molecular formula is C22H15ClN4O. The molecule has 28 heavy (non-hydrogen) atoms. The molecule has 0 radical (unpaired) electrons. The second kappa shape index (κ2) is 6.91. The van der Waals surface area contributed by atoms with E-state index in [2.05, 4.69) is 21.0 Å². The van der Waals surface area contributed by atoms with Gasteiger partial charge in [-0.2, -0.15) is 5.26 Å². The van der Waals surface area contributed by atoms with Crippen LogP contribution in [0.1, 0.15) is 22.5 Å². The summed E-state index contributed by atoms with van der Waals surface area (Å²) in [6.45, 7) is 3.87. The lowest BCUT2D eigenvalue weighted by atomic mass is 10.1. The van der Waals surface area contributed by atoms with Crippen molar-refractivity contribution in [1.82, 2.24) is 15.0 Å². The van der Waals surface area contributed by atoms with Crippen molar-refractivity contribution in [3.05, 3.63) is 80.5 Å². The van der Waals surface area contributed by atoms with Crippen molar-refractivity contribution < 1.29 is 0 Å². The minimum Gasteiger partial charge on any atom is -0.305 e. The second-order valence-electron chi connectivity index (χ2n) is 6.62. The fourth-order valence-electron chi connectivity index (χ4n) is 3.13. The summed E-state index contributed by atoms with van der Waals surface area (Å²) in [7, 11) is 0. The van der Waals surface area contributed by atoms with Crippen molar-refractivity contribution >= 4 is 45.1 Å². The van der Waals surface area contributed by atoms with E-state index in [1.54, 1.807) is 18.2 Å². The minimum atomic E-state index is -0.289. The number of aromatic amines is 1. The van der Waals surface area contributed by atoms with Gasteiger partial charge in [0.25, 0.3) is 5.56 Å². The summed E-state index contributed by atoms with van der Waals surface area (Å²) < 4.78 is 0. The van der Waals surface area contributed by atoms with Crippen LogP contribution in [-0.2, 0) is 0 Å². The molecule has 2 heterocycles. The Morgan fingerprint density at radius 3 is 2.79 bits per heavy atom. The lowest BCUT2D eigenvalue weighted by molar-refractivity contribution is 1.13. The number of rotatable bonds is 2. The Hall–Kier alpha value is -3.49. The highest BCUT2D eigenvalue weighted by atomic mass is 35.5. The third-order valence-corrected chi connectivity index (χ3v) is 4.87. The summed E-state index contributed by atoms with van der Waals surface area (Å²) >= 11 is 6.35. The zero-order valence-corrected chi connectivity index (χ0v) is 16.0. The van der Waals surface area contributed by atoms with Gasteiger partial charge in [0, 0.05) is 10.9 Å². The molecule has 0 aliphatic rings. The average Bonchev–Trinajstić information content (AvgIpc) is 2.67. The van der Waals surface area contributed by atoms with E-state index in [9.17, 15) is 10.1 Å². The number of allylic oxidation sites excluding steroid dienone is 1. The van der Waals surface area contributed by atoms with Crippen LogP contribution in [0.15, 0.2) is 47.3 Å². The molecule has 1 N–H and O–H groups in total. The summed E-state index contributed by atoms with van der Waals surface area (Å²) in [5, 5.41) is 11.3. The van der Waals surface area contributed by atoms with E-state index in [0.29, 0.717) is 16.5 Å². The molecule has 0 fully saturated rings. The Morgan fingerprint density at radius 2 is 2.00 bits per heavy atom. The maximum atomic E-state index is 12.4. The predicted octanol–water partition coefficient (Wildman–Crippen LogP) is 4.81. The van der Waals surface area contributed by atoms with E-state index in [1.165, 1.54) is 0 Å². The summed E-state index contributed by atoms with van der Waals surface area (Å²) in [5.41, 5.74) is 3.83. The smallest absolute Gasteiger partial charge is 0.259 e. The van der Waals surface area contributed by atoms with Crippen LogP contribution in [0.5, 0.6) is 0 Å². The Morgan fingerprint density at radius 1 is 1.18 bits per heavy atom. The molecule has 0 amide bonds. The first-order valence-electron chi connectivity index (χ1n) is 8.65. The van der Waals surface area contributed by atoms with Crippen molar-refractivity contribution in [2.75, 3.05) is 0 Å². The Labute approximate surface area is 166 Å². The molecule has 2 aromatic carbocycles. The SMILES string of the molecule is Cc1ccc2nc(C(C#N)=Cc3cc4cccc(C)c4nc3Cl)[nH]c(=O)c2c1. The quantitative estimate of drug-likeness (QED) is 0.396. The number of halogens is 1. The van der Waals surface area contributed by atoms with Crippen molar-refractivity contribution in [2.45, 2.75) is 13.8 Å². The van der Waals surface area contributed by atoms with Gasteiger partial charge in [0.05, 0.1) is 22.0 Å². The van der Waals surface area contributed by atoms with Crippen LogP contribution in [0.3, 0.4) is 0 Å². The molecule has 6 heteroatoms. The number of benzene rings is 2. The number of nitrogens with zero attached hydrogens (tertiary/aromatic N) is 3. The van der Waals surface area contributed by atoms with E-state index < -0.39 is 0 Å². The predicted molar refractivity (Wildman–Crippen MR) is 112 cm³/mol. The van der Waals surface area contributed by atoms with Gasteiger partial charge in [-0.3, -0.25) is 4.79 Å². The van der Waals surface area contributed by atoms with E-state index in [-0.39, 0.29) is 22.1 Å². The Bertz CT molecular complexity index is 1380. The highest BCUT2D eigenvalue weighted by molar-refractivity contribution is 6.31. The zero-order valence-electron chi connectivity index (χ0n) is 15.2. The highest BCUT2D eigenvalue weighted by Gasteiger charge is 2.11. The van der Waals surface area contributed by atoms with Gasteiger partial charge in [0.1, 0.15) is 11.2 Å². The van der Waals surface area contributed by atoms with Gasteiger partial charge < -0.3 is 4.98 Å². The zero-order chi connectivity index (χ0) is 19.8. The molecule has 0 bridgehead atoms. The number of pyridine rings is 1. The first-order valence-corrected chi connectivity index (χ1v) is 9.03. The summed E-state index contributed by atoms with van der Waals surface area (Å²) in [6, 6.07) is 15.2. The lowest BCUT2D eigenvalue weighted by Gasteiger charge is -2.06. The molecule has 4 rings (SSSR count). The number of hydrogen-bond donors (Lipinski definition) is 1. The monoisotopic (exact) mass is 386 g/mol. The van der Waals surface area contributed by atoms with Crippen LogP contribution in [0.2, 0.25) is 5.15 Å². The maximum Gasteiger partial charge on any atom is 0.259 e. The molecule has 0 aliphatic carbocycles. The number of nitriles is 1. The number of hydrogen-bond acceptors (Lipinski definition) is 4. The minimum absolute atomic E-state index is 0.198. The highest BCUT2D eigenvalue weighted by Crippen LogP contribution is 2.26. The molecule has 5 nitrogen and oxygen atoms in total. The normalized spacial score (nSPS) is 11.7. The van der Waals surface area contributed by atoms with Crippen molar-refractivity contribution in [1.29, 1.82) is 5.26 Å². The largest absolute Gasteiger partial charge is 0.305 e. The average molecular weight is 387 g/mol. The van der Waals surface area contributed by atoms with Gasteiger partial charge >= 0.3 is 0 Å². The van der Waals surface area contributed by atoms with Gasteiger partial charge in [0.2, 0.25) is 0 Å². The summed E-state index contributed by atoms with van der Waals surface area (Å²) in [4.78, 5) is 24.0. The number of H-pyrrole nitrogens is 1. The fraction of sp³-hybridized carbons (Fsp3) is 0.0909. The molecular weight excluding hydrogens is 372 g/mol. The number of aryl methyl sites for hydroxylation is 2. The van der Waals surface area contributed by atoms with Crippen LogP contribution < -0.4 is 5.56 Å². The number of nitrogens with one attached hydrogen (secondary N) is 1. The molecule has 0 saturated carbocycles. The first kappa shape index (κ1) is 17.9. The fourth-order valence-corrected chi connectivity index (χ4v) is 3.32. The summed E-state index contributed by atoms with van der Waals surface area (Å²) in [6.07, 6.45) is 1.59. The number of para-hydroxylation sites is 1. The molecule has 4 aromatic rings. The van der Waals surface area contributed by atoms with Crippen molar-refractivity contribution in [3.8, 4) is 6.07 Å². The van der Waals surface area contributed by atoms with Crippen molar-refractivity contribution in [2.24, 2.45) is 0 Å². The van der Waals surface area contributed by atoms with E-state index in [4.69, 9.17) is 11.6 Å². The molecule has 0 atom stereocenters. The van der Waals surface area contributed by atoms with E-state index in [1.807, 2.05) is 44.2 Å². The van der Waals surface area contributed by atoms with Crippen LogP contribution in [-0.4, -0.2) is 15.0 Å².